The van der Waals surface area contributed by atoms with Crippen molar-refractivity contribution in [2.45, 2.75) is 44.7 Å². The first-order chi connectivity index (χ1) is 15.1. The Balaban J connectivity index is 1.88. The van der Waals surface area contributed by atoms with Crippen molar-refractivity contribution in [3.8, 4) is 23.1 Å². The first-order valence-corrected chi connectivity index (χ1v) is 11.5. The molecule has 0 aliphatic heterocycles. The van der Waals surface area contributed by atoms with E-state index >= 15 is 0 Å². The molecule has 3 rings (SSSR count). The molecule has 31 heavy (non-hydrogen) atoms. The Morgan fingerprint density at radius 2 is 1.87 bits per heavy atom. The molecule has 1 aromatic heterocycles. The van der Waals surface area contributed by atoms with E-state index in [9.17, 15) is 4.79 Å². The number of nitrogens with one attached hydrogen (secondary N) is 1. The number of carbonyl (C=O) groups is 1. The molecular weight excluding hydrogens is 406 g/mol. The Labute approximate surface area is 187 Å². The fourth-order valence-electron chi connectivity index (χ4n) is 3.12. The van der Waals surface area contributed by atoms with Gasteiger partial charge in [0.25, 0.3) is 0 Å². The molecule has 0 bridgehead atoms. The van der Waals surface area contributed by atoms with Gasteiger partial charge < -0.3 is 5.32 Å². The summed E-state index contributed by atoms with van der Waals surface area (Å²) in [4.78, 5) is 12.1. The van der Waals surface area contributed by atoms with Gasteiger partial charge in [0.15, 0.2) is 11.0 Å². The van der Waals surface area contributed by atoms with Gasteiger partial charge in [-0.3, -0.25) is 9.36 Å². The lowest BCUT2D eigenvalue weighted by Gasteiger charge is -2.11. The van der Waals surface area contributed by atoms with Gasteiger partial charge in [0.1, 0.15) is 0 Å². The molecule has 0 aliphatic rings. The van der Waals surface area contributed by atoms with E-state index in [0.29, 0.717) is 18.1 Å². The van der Waals surface area contributed by atoms with Crippen LogP contribution in [0.3, 0.4) is 0 Å². The average molecular weight is 434 g/mol. The van der Waals surface area contributed by atoms with Crippen molar-refractivity contribution in [3.05, 3.63) is 59.7 Å². The van der Waals surface area contributed by atoms with E-state index in [2.05, 4.69) is 65.8 Å². The maximum Gasteiger partial charge on any atom is 0.230 e. The van der Waals surface area contributed by atoms with E-state index in [0.717, 1.165) is 23.5 Å². The van der Waals surface area contributed by atoms with Gasteiger partial charge in [0.2, 0.25) is 5.91 Å². The van der Waals surface area contributed by atoms with Crippen molar-refractivity contribution in [2.75, 3.05) is 12.3 Å². The monoisotopic (exact) mass is 433 g/mol. The summed E-state index contributed by atoms with van der Waals surface area (Å²) in [5, 5.41) is 20.8. The number of nitriles is 1. The molecule has 6 nitrogen and oxygen atoms in total. The second-order valence-electron chi connectivity index (χ2n) is 7.32. The minimum atomic E-state index is -0.124. The molecule has 2 aromatic carbocycles. The van der Waals surface area contributed by atoms with Crippen LogP contribution in [-0.2, 0) is 11.2 Å². The number of amides is 1. The summed E-state index contributed by atoms with van der Waals surface area (Å²) in [6, 6.07) is 18.7. The fraction of sp³-hybridized carbons (Fsp3) is 0.333. The van der Waals surface area contributed by atoms with Crippen LogP contribution in [0, 0.1) is 18.3 Å². The van der Waals surface area contributed by atoms with Crippen molar-refractivity contribution in [1.82, 2.24) is 20.1 Å². The summed E-state index contributed by atoms with van der Waals surface area (Å²) < 4.78 is 2.00. The van der Waals surface area contributed by atoms with E-state index in [-0.39, 0.29) is 11.7 Å². The molecule has 3 aromatic rings. The van der Waals surface area contributed by atoms with Crippen molar-refractivity contribution in [3.63, 3.8) is 0 Å². The van der Waals surface area contributed by atoms with Gasteiger partial charge in [-0.2, -0.15) is 5.26 Å². The topological polar surface area (TPSA) is 83.6 Å². The Morgan fingerprint density at radius 3 is 2.55 bits per heavy atom. The van der Waals surface area contributed by atoms with E-state index in [1.807, 2.05) is 22.8 Å². The first-order valence-electron chi connectivity index (χ1n) is 10.5. The maximum absolute atomic E-state index is 12.1. The van der Waals surface area contributed by atoms with E-state index < -0.39 is 0 Å². The summed E-state index contributed by atoms with van der Waals surface area (Å²) in [7, 11) is 0. The molecule has 0 fully saturated rings. The third kappa shape index (κ3) is 6.19. The van der Waals surface area contributed by atoms with Crippen LogP contribution in [0.4, 0.5) is 0 Å². The molecule has 0 saturated carbocycles. The lowest BCUT2D eigenvalue weighted by Crippen LogP contribution is -2.26. The highest BCUT2D eigenvalue weighted by atomic mass is 32.2. The standard InChI is InChI=1S/C24H27N5OS/c1-3-4-6-19-9-13-21(14-10-19)29-23(20-11-7-18(2)8-12-20)27-28-24(29)31-17-22(30)26-16-5-15-25/h7-14H,3-6,16-17H2,1-2H3,(H,26,30). The minimum Gasteiger partial charge on any atom is -0.354 e. The number of rotatable bonds is 10. The highest BCUT2D eigenvalue weighted by molar-refractivity contribution is 7.99. The van der Waals surface area contributed by atoms with Crippen LogP contribution in [0.2, 0.25) is 0 Å². The molecular formula is C24H27N5OS. The lowest BCUT2D eigenvalue weighted by atomic mass is 10.1. The number of benzene rings is 2. The van der Waals surface area contributed by atoms with Crippen LogP contribution < -0.4 is 5.32 Å². The molecule has 1 amide bonds. The lowest BCUT2D eigenvalue weighted by molar-refractivity contribution is -0.118. The normalized spacial score (nSPS) is 10.6. The van der Waals surface area contributed by atoms with Gasteiger partial charge in [-0.05, 0) is 37.5 Å². The Hall–Kier alpha value is -3.11. The Kier molecular flexibility index (Phi) is 8.25. The van der Waals surface area contributed by atoms with Crippen LogP contribution in [0.15, 0.2) is 53.7 Å². The van der Waals surface area contributed by atoms with Crippen molar-refractivity contribution < 1.29 is 4.79 Å². The van der Waals surface area contributed by atoms with Crippen LogP contribution >= 0.6 is 11.8 Å². The average Bonchev–Trinajstić information content (AvgIpc) is 3.21. The zero-order valence-corrected chi connectivity index (χ0v) is 18.8. The largest absolute Gasteiger partial charge is 0.354 e. The van der Waals surface area contributed by atoms with Crippen molar-refractivity contribution >= 4 is 17.7 Å². The maximum atomic E-state index is 12.1. The number of aryl methyl sites for hydroxylation is 2. The van der Waals surface area contributed by atoms with Gasteiger partial charge in [-0.25, -0.2) is 0 Å². The number of unbranched alkanes of at least 4 members (excludes halogenated alkanes) is 1. The molecule has 0 atom stereocenters. The summed E-state index contributed by atoms with van der Waals surface area (Å²) in [6.07, 6.45) is 3.70. The molecule has 0 radical (unpaired) electrons. The Morgan fingerprint density at radius 1 is 1.13 bits per heavy atom. The molecule has 7 heteroatoms. The molecule has 1 heterocycles. The highest BCUT2D eigenvalue weighted by Gasteiger charge is 2.17. The fourth-order valence-corrected chi connectivity index (χ4v) is 3.90. The second kappa shape index (κ2) is 11.3. The minimum absolute atomic E-state index is 0.124. The molecule has 0 saturated heterocycles. The van der Waals surface area contributed by atoms with Gasteiger partial charge >= 0.3 is 0 Å². The van der Waals surface area contributed by atoms with Crippen LogP contribution in [0.5, 0.6) is 0 Å². The Bertz CT molecular complexity index is 1040. The zero-order valence-electron chi connectivity index (χ0n) is 18.0. The van der Waals surface area contributed by atoms with E-state index in [1.54, 1.807) is 0 Å². The number of hydrogen-bond donors (Lipinski definition) is 1. The predicted molar refractivity (Wildman–Crippen MR) is 124 cm³/mol. The third-order valence-corrected chi connectivity index (χ3v) is 5.78. The molecule has 0 spiro atoms. The van der Waals surface area contributed by atoms with Crippen LogP contribution in [0.25, 0.3) is 17.1 Å². The number of carbonyl (C=O) groups excluding carboxylic acids is 1. The second-order valence-corrected chi connectivity index (χ2v) is 8.27. The van der Waals surface area contributed by atoms with Gasteiger partial charge in [-0.15, -0.1) is 10.2 Å². The SMILES string of the molecule is CCCCc1ccc(-n2c(SCC(=O)NCCC#N)nnc2-c2ccc(C)cc2)cc1. The molecule has 160 valence electrons. The number of aromatic nitrogens is 3. The van der Waals surface area contributed by atoms with Crippen molar-refractivity contribution in [2.24, 2.45) is 0 Å². The van der Waals surface area contributed by atoms with Gasteiger partial charge in [0.05, 0.1) is 18.2 Å². The smallest absolute Gasteiger partial charge is 0.230 e. The molecule has 1 N–H and O–H groups in total. The van der Waals surface area contributed by atoms with Gasteiger partial charge in [0, 0.05) is 17.8 Å². The summed E-state index contributed by atoms with van der Waals surface area (Å²) in [5.74, 6) is 0.835. The quantitative estimate of drug-likeness (QED) is 0.370. The zero-order chi connectivity index (χ0) is 22.1. The van der Waals surface area contributed by atoms with Gasteiger partial charge in [-0.1, -0.05) is 67.1 Å². The van der Waals surface area contributed by atoms with Crippen LogP contribution in [-0.4, -0.2) is 33.0 Å². The summed E-state index contributed by atoms with van der Waals surface area (Å²) in [5.41, 5.74) is 4.42. The highest BCUT2D eigenvalue weighted by Crippen LogP contribution is 2.28. The summed E-state index contributed by atoms with van der Waals surface area (Å²) >= 11 is 1.34. The number of thioether (sulfide) groups is 1. The molecule has 0 aliphatic carbocycles. The summed E-state index contributed by atoms with van der Waals surface area (Å²) in [6.45, 7) is 4.60. The molecule has 0 unspecified atom stereocenters. The van der Waals surface area contributed by atoms with E-state index in [4.69, 9.17) is 5.26 Å². The number of hydrogen-bond acceptors (Lipinski definition) is 5. The predicted octanol–water partition coefficient (Wildman–Crippen LogP) is 4.71. The number of nitrogens with zero attached hydrogens (tertiary/aromatic N) is 4. The van der Waals surface area contributed by atoms with Crippen LogP contribution in [0.1, 0.15) is 37.3 Å². The van der Waals surface area contributed by atoms with E-state index in [1.165, 1.54) is 35.7 Å². The first kappa shape index (κ1) is 22.6. The van der Waals surface area contributed by atoms with Crippen molar-refractivity contribution in [1.29, 1.82) is 5.26 Å². The third-order valence-electron chi connectivity index (χ3n) is 4.85.